The van der Waals surface area contributed by atoms with Gasteiger partial charge in [0.1, 0.15) is 0 Å². The third-order valence-corrected chi connectivity index (χ3v) is 3.98. The van der Waals surface area contributed by atoms with Gasteiger partial charge in [-0.3, -0.25) is 4.79 Å². The summed E-state index contributed by atoms with van der Waals surface area (Å²) in [6, 6.07) is 1.49. The van der Waals surface area contributed by atoms with Gasteiger partial charge in [-0.2, -0.15) is 0 Å². The Morgan fingerprint density at radius 3 is 2.58 bits per heavy atom. The summed E-state index contributed by atoms with van der Waals surface area (Å²) < 4.78 is 0. The van der Waals surface area contributed by atoms with Crippen LogP contribution < -0.4 is 10.6 Å². The van der Waals surface area contributed by atoms with Crippen molar-refractivity contribution in [2.75, 3.05) is 18.0 Å². The zero-order chi connectivity index (χ0) is 14.0. The number of carbonyl (C=O) groups is 1. The second-order valence-corrected chi connectivity index (χ2v) is 5.72. The van der Waals surface area contributed by atoms with Gasteiger partial charge in [-0.25, -0.2) is 0 Å². The molecule has 0 aromatic carbocycles. The number of primary amides is 1. The summed E-state index contributed by atoms with van der Waals surface area (Å²) in [4.78, 5) is 13.5. The van der Waals surface area contributed by atoms with Crippen molar-refractivity contribution >= 4 is 23.3 Å². The second kappa shape index (κ2) is 5.74. The van der Waals surface area contributed by atoms with Gasteiger partial charge in [-0.15, -0.1) is 10.2 Å². The number of halogens is 1. The lowest BCUT2D eigenvalue weighted by Gasteiger charge is -2.34. The number of nitrogens with zero attached hydrogens (tertiary/aromatic N) is 3. The van der Waals surface area contributed by atoms with Gasteiger partial charge in [0, 0.05) is 13.1 Å². The van der Waals surface area contributed by atoms with E-state index >= 15 is 0 Å². The second-order valence-electron chi connectivity index (χ2n) is 5.34. The van der Waals surface area contributed by atoms with E-state index in [1.807, 2.05) is 0 Å². The maximum Gasteiger partial charge on any atom is 0.252 e. The highest BCUT2D eigenvalue weighted by molar-refractivity contribution is 6.29. The minimum absolute atomic E-state index is 0.189. The maximum atomic E-state index is 11.5. The Labute approximate surface area is 118 Å². The van der Waals surface area contributed by atoms with Crippen LogP contribution in [0.15, 0.2) is 6.07 Å². The van der Waals surface area contributed by atoms with Crippen molar-refractivity contribution in [1.29, 1.82) is 0 Å². The van der Waals surface area contributed by atoms with Crippen molar-refractivity contribution in [2.24, 2.45) is 17.6 Å². The van der Waals surface area contributed by atoms with Crippen LogP contribution in [0.1, 0.15) is 37.0 Å². The van der Waals surface area contributed by atoms with Crippen molar-refractivity contribution in [2.45, 2.75) is 26.7 Å². The lowest BCUT2D eigenvalue weighted by molar-refractivity contribution is 0.1000. The van der Waals surface area contributed by atoms with Gasteiger partial charge in [0.25, 0.3) is 5.91 Å². The van der Waals surface area contributed by atoms with Crippen LogP contribution in [0, 0.1) is 11.8 Å². The Morgan fingerprint density at radius 2 is 2.05 bits per heavy atom. The molecule has 1 aromatic heterocycles. The molecule has 1 fully saturated rings. The summed E-state index contributed by atoms with van der Waals surface area (Å²) in [5.41, 5.74) is 5.72. The van der Waals surface area contributed by atoms with Crippen LogP contribution in [0.3, 0.4) is 0 Å². The van der Waals surface area contributed by atoms with E-state index in [9.17, 15) is 4.79 Å². The van der Waals surface area contributed by atoms with Gasteiger partial charge in [0.15, 0.2) is 11.0 Å². The molecule has 1 aromatic rings. The Hall–Kier alpha value is -1.36. The number of amides is 1. The van der Waals surface area contributed by atoms with Gasteiger partial charge in [0.05, 0.1) is 5.56 Å². The largest absolute Gasteiger partial charge is 0.365 e. The average molecular weight is 283 g/mol. The van der Waals surface area contributed by atoms with E-state index < -0.39 is 5.91 Å². The predicted octanol–water partition coefficient (Wildman–Crippen LogP) is 2.10. The summed E-state index contributed by atoms with van der Waals surface area (Å²) in [6.07, 6.45) is 2.19. The number of piperidine rings is 1. The highest BCUT2D eigenvalue weighted by Crippen LogP contribution is 2.28. The first kappa shape index (κ1) is 14.1. The number of aromatic nitrogens is 2. The van der Waals surface area contributed by atoms with E-state index in [-0.39, 0.29) is 5.15 Å². The normalized spacial score (nSPS) is 16.9. The zero-order valence-electron chi connectivity index (χ0n) is 11.3. The lowest BCUT2D eigenvalue weighted by atomic mass is 9.86. The molecule has 0 atom stereocenters. The van der Waals surface area contributed by atoms with Crippen molar-refractivity contribution in [3.8, 4) is 0 Å². The monoisotopic (exact) mass is 282 g/mol. The Balaban J connectivity index is 2.17. The third kappa shape index (κ3) is 3.15. The minimum atomic E-state index is -0.516. The standard InChI is InChI=1S/C13H19ClN4O/c1-8(2)9-3-5-18(6-4-9)13-10(12(15)19)7-11(14)16-17-13/h7-9H,3-6H2,1-2H3,(H2,15,19). The highest BCUT2D eigenvalue weighted by atomic mass is 35.5. The first-order chi connectivity index (χ1) is 8.99. The SMILES string of the molecule is CC(C)C1CCN(c2nnc(Cl)cc2C(N)=O)CC1. The van der Waals surface area contributed by atoms with E-state index in [1.165, 1.54) is 6.07 Å². The summed E-state index contributed by atoms with van der Waals surface area (Å²) in [6.45, 7) is 6.24. The van der Waals surface area contributed by atoms with Crippen LogP contribution >= 0.6 is 11.6 Å². The van der Waals surface area contributed by atoms with E-state index in [2.05, 4.69) is 28.9 Å². The Kier molecular flexibility index (Phi) is 4.24. The number of rotatable bonds is 3. The first-order valence-electron chi connectivity index (χ1n) is 6.57. The molecule has 6 heteroatoms. The molecule has 1 aliphatic rings. The molecule has 1 amide bonds. The number of hydrogen-bond acceptors (Lipinski definition) is 4. The lowest BCUT2D eigenvalue weighted by Crippen LogP contribution is -2.37. The van der Waals surface area contributed by atoms with Crippen LogP contribution in [-0.4, -0.2) is 29.2 Å². The molecule has 104 valence electrons. The highest BCUT2D eigenvalue weighted by Gasteiger charge is 2.25. The number of anilines is 1. The maximum absolute atomic E-state index is 11.5. The van der Waals surface area contributed by atoms with Gasteiger partial charge in [-0.1, -0.05) is 25.4 Å². The van der Waals surface area contributed by atoms with Gasteiger partial charge in [0.2, 0.25) is 0 Å². The van der Waals surface area contributed by atoms with Crippen LogP contribution in [0.25, 0.3) is 0 Å². The molecule has 0 spiro atoms. The fourth-order valence-corrected chi connectivity index (χ4v) is 2.70. The molecule has 0 bridgehead atoms. The van der Waals surface area contributed by atoms with E-state index in [1.54, 1.807) is 0 Å². The average Bonchev–Trinajstić information content (AvgIpc) is 2.38. The van der Waals surface area contributed by atoms with E-state index in [4.69, 9.17) is 17.3 Å². The smallest absolute Gasteiger partial charge is 0.252 e. The van der Waals surface area contributed by atoms with Crippen LogP contribution in [0.5, 0.6) is 0 Å². The minimum Gasteiger partial charge on any atom is -0.365 e. The van der Waals surface area contributed by atoms with Crippen molar-refractivity contribution < 1.29 is 4.79 Å². The number of nitrogens with two attached hydrogens (primary N) is 1. The van der Waals surface area contributed by atoms with E-state index in [0.717, 1.165) is 31.8 Å². The molecule has 19 heavy (non-hydrogen) atoms. The summed E-state index contributed by atoms with van der Waals surface area (Å²) in [7, 11) is 0. The summed E-state index contributed by atoms with van der Waals surface area (Å²) in [5.74, 6) is 1.46. The topological polar surface area (TPSA) is 72.1 Å². The zero-order valence-corrected chi connectivity index (χ0v) is 12.0. The quantitative estimate of drug-likeness (QED) is 0.921. The molecule has 5 nitrogen and oxygen atoms in total. The van der Waals surface area contributed by atoms with Crippen LogP contribution in [-0.2, 0) is 0 Å². The molecule has 1 aliphatic heterocycles. The Morgan fingerprint density at radius 1 is 1.42 bits per heavy atom. The molecular weight excluding hydrogens is 264 g/mol. The molecule has 2 N–H and O–H groups in total. The first-order valence-corrected chi connectivity index (χ1v) is 6.94. The van der Waals surface area contributed by atoms with Crippen molar-refractivity contribution in [3.63, 3.8) is 0 Å². The Bertz CT molecular complexity index is 470. The number of carbonyl (C=O) groups excluding carboxylic acids is 1. The molecule has 0 radical (unpaired) electrons. The van der Waals surface area contributed by atoms with Gasteiger partial charge >= 0.3 is 0 Å². The van der Waals surface area contributed by atoms with Gasteiger partial charge < -0.3 is 10.6 Å². The number of hydrogen-bond donors (Lipinski definition) is 1. The fraction of sp³-hybridized carbons (Fsp3) is 0.615. The van der Waals surface area contributed by atoms with Gasteiger partial charge in [-0.05, 0) is 30.7 Å². The fourth-order valence-electron chi connectivity index (χ4n) is 2.55. The molecular formula is C13H19ClN4O. The molecule has 2 heterocycles. The molecule has 0 unspecified atom stereocenters. The third-order valence-electron chi connectivity index (χ3n) is 3.79. The van der Waals surface area contributed by atoms with E-state index in [0.29, 0.717) is 17.3 Å². The van der Waals surface area contributed by atoms with Crippen molar-refractivity contribution in [1.82, 2.24) is 10.2 Å². The molecule has 1 saturated heterocycles. The summed E-state index contributed by atoms with van der Waals surface area (Å²) in [5, 5.41) is 8.04. The molecule has 0 aliphatic carbocycles. The predicted molar refractivity (Wildman–Crippen MR) is 75.3 cm³/mol. The molecule has 0 saturated carbocycles. The van der Waals surface area contributed by atoms with Crippen molar-refractivity contribution in [3.05, 3.63) is 16.8 Å². The van der Waals surface area contributed by atoms with Crippen LogP contribution in [0.4, 0.5) is 5.82 Å². The molecule has 2 rings (SSSR count). The van der Waals surface area contributed by atoms with Crippen LogP contribution in [0.2, 0.25) is 5.15 Å². The summed E-state index contributed by atoms with van der Waals surface area (Å²) >= 11 is 5.76.